The normalized spacial score (nSPS) is 10.1. The number of rotatable bonds is 4. The minimum Gasteiger partial charge on any atom is -0.489 e. The average Bonchev–Trinajstić information content (AvgIpc) is 2.38. The standard InChI is InChI=1S/C14H10ClFO2/c15-13-7-12(6-5-10(13)8-17)18-9-11-3-1-2-4-14(11)16/h1-8H,9H2. The molecule has 92 valence electrons. The van der Waals surface area contributed by atoms with Crippen molar-refractivity contribution < 1.29 is 13.9 Å². The van der Waals surface area contributed by atoms with Crippen LogP contribution in [0.1, 0.15) is 15.9 Å². The van der Waals surface area contributed by atoms with Crippen molar-refractivity contribution in [3.8, 4) is 5.75 Å². The van der Waals surface area contributed by atoms with Crippen LogP contribution in [-0.4, -0.2) is 6.29 Å². The molecular formula is C14H10ClFO2. The van der Waals surface area contributed by atoms with Crippen LogP contribution in [0.5, 0.6) is 5.75 Å². The molecule has 0 fully saturated rings. The zero-order valence-electron chi connectivity index (χ0n) is 9.40. The molecule has 2 aromatic carbocycles. The second-order valence-corrected chi connectivity index (χ2v) is 4.09. The van der Waals surface area contributed by atoms with Crippen molar-refractivity contribution in [1.29, 1.82) is 0 Å². The van der Waals surface area contributed by atoms with Crippen LogP contribution in [0.15, 0.2) is 42.5 Å². The first-order valence-corrected chi connectivity index (χ1v) is 5.69. The molecule has 0 aliphatic rings. The predicted octanol–water partition coefficient (Wildman–Crippen LogP) is 3.87. The van der Waals surface area contributed by atoms with Gasteiger partial charge in [-0.05, 0) is 24.3 Å². The molecule has 0 aromatic heterocycles. The van der Waals surface area contributed by atoms with Gasteiger partial charge in [0.1, 0.15) is 18.2 Å². The van der Waals surface area contributed by atoms with Crippen molar-refractivity contribution in [2.75, 3.05) is 0 Å². The molecule has 18 heavy (non-hydrogen) atoms. The van der Waals surface area contributed by atoms with Gasteiger partial charge in [-0.3, -0.25) is 4.79 Å². The first-order chi connectivity index (χ1) is 8.70. The van der Waals surface area contributed by atoms with E-state index in [0.717, 1.165) is 0 Å². The molecule has 0 amide bonds. The largest absolute Gasteiger partial charge is 0.489 e. The lowest BCUT2D eigenvalue weighted by Gasteiger charge is -2.08. The Morgan fingerprint density at radius 2 is 2.00 bits per heavy atom. The molecule has 2 nitrogen and oxygen atoms in total. The maximum Gasteiger partial charge on any atom is 0.151 e. The quantitative estimate of drug-likeness (QED) is 0.784. The predicted molar refractivity (Wildman–Crippen MR) is 67.6 cm³/mol. The van der Waals surface area contributed by atoms with Gasteiger partial charge in [0.05, 0.1) is 5.02 Å². The summed E-state index contributed by atoms with van der Waals surface area (Å²) in [5.74, 6) is 0.182. The Balaban J connectivity index is 2.09. The third kappa shape index (κ3) is 2.87. The van der Waals surface area contributed by atoms with E-state index < -0.39 is 0 Å². The molecular weight excluding hydrogens is 255 g/mol. The van der Waals surface area contributed by atoms with Gasteiger partial charge in [-0.25, -0.2) is 4.39 Å². The van der Waals surface area contributed by atoms with Gasteiger partial charge in [0, 0.05) is 11.1 Å². The van der Waals surface area contributed by atoms with E-state index in [2.05, 4.69) is 0 Å². The molecule has 0 spiro atoms. The molecule has 0 atom stereocenters. The van der Waals surface area contributed by atoms with Crippen LogP contribution in [0.2, 0.25) is 5.02 Å². The molecule has 0 N–H and O–H groups in total. The third-order valence-corrected chi connectivity index (χ3v) is 2.78. The topological polar surface area (TPSA) is 26.3 Å². The number of aldehydes is 1. The van der Waals surface area contributed by atoms with Crippen molar-refractivity contribution in [3.05, 3.63) is 64.4 Å². The summed E-state index contributed by atoms with van der Waals surface area (Å²) < 4.78 is 18.8. The van der Waals surface area contributed by atoms with E-state index in [9.17, 15) is 9.18 Å². The summed E-state index contributed by atoms with van der Waals surface area (Å²) in [4.78, 5) is 10.6. The summed E-state index contributed by atoms with van der Waals surface area (Å²) in [6.45, 7) is 0.115. The molecule has 0 bridgehead atoms. The van der Waals surface area contributed by atoms with E-state index in [1.165, 1.54) is 12.1 Å². The van der Waals surface area contributed by atoms with Crippen LogP contribution < -0.4 is 4.74 Å². The third-order valence-electron chi connectivity index (χ3n) is 2.45. The first kappa shape index (κ1) is 12.6. The Kier molecular flexibility index (Phi) is 3.95. The molecule has 0 heterocycles. The van der Waals surface area contributed by atoms with E-state index in [1.807, 2.05) is 0 Å². The number of carbonyl (C=O) groups excluding carboxylic acids is 1. The van der Waals surface area contributed by atoms with Crippen LogP contribution in [0.25, 0.3) is 0 Å². The van der Waals surface area contributed by atoms with Gasteiger partial charge in [-0.15, -0.1) is 0 Å². The van der Waals surface area contributed by atoms with Gasteiger partial charge in [-0.1, -0.05) is 29.8 Å². The lowest BCUT2D eigenvalue weighted by molar-refractivity contribution is 0.112. The minimum atomic E-state index is -0.312. The van der Waals surface area contributed by atoms with Crippen molar-refractivity contribution in [3.63, 3.8) is 0 Å². The van der Waals surface area contributed by atoms with Crippen LogP contribution in [0.3, 0.4) is 0 Å². The van der Waals surface area contributed by atoms with Crippen LogP contribution in [0.4, 0.5) is 4.39 Å². The highest BCUT2D eigenvalue weighted by Gasteiger charge is 2.04. The maximum absolute atomic E-state index is 13.3. The number of ether oxygens (including phenoxy) is 1. The molecule has 0 saturated carbocycles. The lowest BCUT2D eigenvalue weighted by atomic mass is 10.2. The van der Waals surface area contributed by atoms with Gasteiger partial charge < -0.3 is 4.74 Å². The van der Waals surface area contributed by atoms with Crippen LogP contribution >= 0.6 is 11.6 Å². The fraction of sp³-hybridized carbons (Fsp3) is 0.0714. The molecule has 4 heteroatoms. The van der Waals surface area contributed by atoms with Gasteiger partial charge in [0.25, 0.3) is 0 Å². The summed E-state index contributed by atoms with van der Waals surface area (Å²) in [5.41, 5.74) is 0.864. The fourth-order valence-electron chi connectivity index (χ4n) is 1.47. The van der Waals surface area contributed by atoms with Gasteiger partial charge in [0.15, 0.2) is 6.29 Å². The lowest BCUT2D eigenvalue weighted by Crippen LogP contribution is -1.98. The Hall–Kier alpha value is -1.87. The highest BCUT2D eigenvalue weighted by molar-refractivity contribution is 6.33. The van der Waals surface area contributed by atoms with E-state index in [0.29, 0.717) is 28.2 Å². The number of carbonyl (C=O) groups is 1. The SMILES string of the molecule is O=Cc1ccc(OCc2ccccc2F)cc1Cl. The van der Waals surface area contributed by atoms with Gasteiger partial charge in [0.2, 0.25) is 0 Å². The summed E-state index contributed by atoms with van der Waals surface area (Å²) in [6, 6.07) is 11.1. The molecule has 0 unspecified atom stereocenters. The van der Waals surface area contributed by atoms with Gasteiger partial charge in [-0.2, -0.15) is 0 Å². The van der Waals surface area contributed by atoms with E-state index >= 15 is 0 Å². The Bertz CT molecular complexity index is 569. The zero-order chi connectivity index (χ0) is 13.0. The molecule has 0 aliphatic heterocycles. The Labute approximate surface area is 109 Å². The number of hydrogen-bond acceptors (Lipinski definition) is 2. The molecule has 0 aliphatic carbocycles. The second kappa shape index (κ2) is 5.65. The van der Waals surface area contributed by atoms with Crippen molar-refractivity contribution >= 4 is 17.9 Å². The molecule has 2 rings (SSSR count). The van der Waals surface area contributed by atoms with Crippen LogP contribution in [0, 0.1) is 5.82 Å². The van der Waals surface area contributed by atoms with Crippen molar-refractivity contribution in [2.45, 2.75) is 6.61 Å². The van der Waals surface area contributed by atoms with E-state index in [4.69, 9.17) is 16.3 Å². The number of benzene rings is 2. The highest BCUT2D eigenvalue weighted by atomic mass is 35.5. The maximum atomic E-state index is 13.3. The Morgan fingerprint density at radius 3 is 2.67 bits per heavy atom. The number of hydrogen-bond donors (Lipinski definition) is 0. The van der Waals surface area contributed by atoms with E-state index in [1.54, 1.807) is 30.3 Å². The fourth-order valence-corrected chi connectivity index (χ4v) is 1.68. The first-order valence-electron chi connectivity index (χ1n) is 5.31. The zero-order valence-corrected chi connectivity index (χ0v) is 10.2. The average molecular weight is 265 g/mol. The van der Waals surface area contributed by atoms with Crippen molar-refractivity contribution in [2.24, 2.45) is 0 Å². The molecule has 0 radical (unpaired) electrons. The smallest absolute Gasteiger partial charge is 0.151 e. The summed E-state index contributed by atoms with van der Waals surface area (Å²) in [6.07, 6.45) is 0.670. The van der Waals surface area contributed by atoms with E-state index in [-0.39, 0.29) is 12.4 Å². The monoisotopic (exact) mass is 264 g/mol. The number of halogens is 2. The summed E-state index contributed by atoms with van der Waals surface area (Å²) >= 11 is 5.86. The second-order valence-electron chi connectivity index (χ2n) is 3.68. The van der Waals surface area contributed by atoms with Crippen molar-refractivity contribution in [1.82, 2.24) is 0 Å². The molecule has 0 saturated heterocycles. The van der Waals surface area contributed by atoms with Gasteiger partial charge >= 0.3 is 0 Å². The Morgan fingerprint density at radius 1 is 1.22 bits per heavy atom. The summed E-state index contributed by atoms with van der Waals surface area (Å²) in [5, 5.41) is 0.316. The van der Waals surface area contributed by atoms with Crippen LogP contribution in [-0.2, 0) is 6.61 Å². The summed E-state index contributed by atoms with van der Waals surface area (Å²) in [7, 11) is 0. The minimum absolute atomic E-state index is 0.115. The highest BCUT2D eigenvalue weighted by Crippen LogP contribution is 2.22. The molecule has 2 aromatic rings.